The van der Waals surface area contributed by atoms with Crippen molar-refractivity contribution in [3.63, 3.8) is 0 Å². The standard InChI is InChI=1S/C8H9N5O2S/c1-5-7(12-13-11-5)6-3-4-9-8(10-6)16(2,14)15/h3-4H,1-2H3,(H,11,12,13). The fourth-order valence-electron chi connectivity index (χ4n) is 1.18. The Morgan fingerprint density at radius 1 is 1.31 bits per heavy atom. The zero-order valence-corrected chi connectivity index (χ0v) is 9.48. The molecule has 0 unspecified atom stereocenters. The average molecular weight is 239 g/mol. The molecule has 84 valence electrons. The van der Waals surface area contributed by atoms with Gasteiger partial charge in [-0.3, -0.25) is 0 Å². The SMILES string of the molecule is Cc1n[nH]nc1-c1ccnc(S(C)(=O)=O)n1. The van der Waals surface area contributed by atoms with Gasteiger partial charge in [0.2, 0.25) is 15.0 Å². The predicted octanol–water partition coefficient (Wildman–Crippen LogP) is -0.0264. The molecule has 1 N–H and O–H groups in total. The summed E-state index contributed by atoms with van der Waals surface area (Å²) < 4.78 is 22.5. The van der Waals surface area contributed by atoms with E-state index in [1.54, 1.807) is 13.0 Å². The molecular weight excluding hydrogens is 230 g/mol. The molecule has 0 aliphatic carbocycles. The summed E-state index contributed by atoms with van der Waals surface area (Å²) >= 11 is 0. The molecule has 0 aromatic carbocycles. The maximum atomic E-state index is 11.3. The van der Waals surface area contributed by atoms with E-state index in [1.165, 1.54) is 6.20 Å². The number of rotatable bonds is 2. The van der Waals surface area contributed by atoms with Crippen molar-refractivity contribution in [3.05, 3.63) is 18.0 Å². The van der Waals surface area contributed by atoms with Gasteiger partial charge in [0.1, 0.15) is 5.69 Å². The summed E-state index contributed by atoms with van der Waals surface area (Å²) in [4.78, 5) is 7.62. The minimum Gasteiger partial charge on any atom is -0.227 e. The van der Waals surface area contributed by atoms with Crippen LogP contribution in [0.4, 0.5) is 0 Å². The quantitative estimate of drug-likeness (QED) is 0.738. The van der Waals surface area contributed by atoms with Crippen molar-refractivity contribution in [1.82, 2.24) is 25.4 Å². The van der Waals surface area contributed by atoms with E-state index >= 15 is 0 Å². The van der Waals surface area contributed by atoms with Gasteiger partial charge in [0.25, 0.3) is 0 Å². The second-order valence-electron chi connectivity index (χ2n) is 3.25. The zero-order valence-electron chi connectivity index (χ0n) is 8.67. The molecule has 0 saturated carbocycles. The summed E-state index contributed by atoms with van der Waals surface area (Å²) in [5, 5.41) is 9.96. The molecule has 2 heterocycles. The van der Waals surface area contributed by atoms with Gasteiger partial charge in [0.05, 0.1) is 11.4 Å². The van der Waals surface area contributed by atoms with Gasteiger partial charge in [-0.1, -0.05) is 0 Å². The lowest BCUT2D eigenvalue weighted by atomic mass is 10.2. The summed E-state index contributed by atoms with van der Waals surface area (Å²) in [6.07, 6.45) is 2.44. The van der Waals surface area contributed by atoms with Crippen molar-refractivity contribution in [1.29, 1.82) is 0 Å². The van der Waals surface area contributed by atoms with Gasteiger partial charge in [-0.05, 0) is 13.0 Å². The third kappa shape index (κ3) is 1.91. The number of hydrogen-bond donors (Lipinski definition) is 1. The van der Waals surface area contributed by atoms with Crippen LogP contribution in [0.25, 0.3) is 11.4 Å². The van der Waals surface area contributed by atoms with E-state index in [0.717, 1.165) is 6.26 Å². The van der Waals surface area contributed by atoms with Crippen LogP contribution in [-0.2, 0) is 9.84 Å². The molecule has 2 aromatic heterocycles. The van der Waals surface area contributed by atoms with Crippen LogP contribution in [0, 0.1) is 6.92 Å². The van der Waals surface area contributed by atoms with Crippen LogP contribution in [0.15, 0.2) is 17.4 Å². The molecule has 2 aromatic rings. The van der Waals surface area contributed by atoms with Crippen LogP contribution in [0.1, 0.15) is 5.69 Å². The minimum absolute atomic E-state index is 0.215. The Morgan fingerprint density at radius 2 is 2.06 bits per heavy atom. The molecule has 0 amide bonds. The maximum absolute atomic E-state index is 11.3. The highest BCUT2D eigenvalue weighted by Crippen LogP contribution is 2.16. The van der Waals surface area contributed by atoms with E-state index in [2.05, 4.69) is 25.4 Å². The Kier molecular flexibility index (Phi) is 2.43. The number of aryl methyl sites for hydroxylation is 1. The van der Waals surface area contributed by atoms with Crippen LogP contribution < -0.4 is 0 Å². The molecule has 0 saturated heterocycles. The lowest BCUT2D eigenvalue weighted by molar-refractivity contribution is 0.593. The second kappa shape index (κ2) is 3.63. The first-order valence-corrected chi connectivity index (χ1v) is 6.28. The fourth-order valence-corrected chi connectivity index (χ4v) is 1.69. The highest BCUT2D eigenvalue weighted by atomic mass is 32.2. The van der Waals surface area contributed by atoms with E-state index < -0.39 is 9.84 Å². The maximum Gasteiger partial charge on any atom is 0.247 e. The Bertz CT molecular complexity index is 619. The molecular formula is C8H9N5O2S. The van der Waals surface area contributed by atoms with E-state index in [4.69, 9.17) is 0 Å². The largest absolute Gasteiger partial charge is 0.247 e. The normalized spacial score (nSPS) is 11.6. The monoisotopic (exact) mass is 239 g/mol. The lowest BCUT2D eigenvalue weighted by Crippen LogP contribution is -2.04. The van der Waals surface area contributed by atoms with Gasteiger partial charge in [0.15, 0.2) is 0 Å². The molecule has 0 atom stereocenters. The van der Waals surface area contributed by atoms with Crippen LogP contribution in [0.3, 0.4) is 0 Å². The van der Waals surface area contributed by atoms with E-state index in [1.807, 2.05) is 0 Å². The molecule has 0 spiro atoms. The topological polar surface area (TPSA) is 101 Å². The van der Waals surface area contributed by atoms with Crippen molar-refractivity contribution in [2.24, 2.45) is 0 Å². The Labute approximate surface area is 91.9 Å². The molecule has 7 nitrogen and oxygen atoms in total. The van der Waals surface area contributed by atoms with Gasteiger partial charge in [-0.15, -0.1) is 0 Å². The molecule has 0 aliphatic rings. The number of H-pyrrole nitrogens is 1. The van der Waals surface area contributed by atoms with E-state index in [9.17, 15) is 8.42 Å². The Hall–Kier alpha value is -1.83. The van der Waals surface area contributed by atoms with Crippen molar-refractivity contribution < 1.29 is 8.42 Å². The van der Waals surface area contributed by atoms with E-state index in [-0.39, 0.29) is 5.16 Å². The number of nitrogens with one attached hydrogen (secondary N) is 1. The molecule has 2 rings (SSSR count). The van der Waals surface area contributed by atoms with Gasteiger partial charge in [0, 0.05) is 12.5 Å². The van der Waals surface area contributed by atoms with Gasteiger partial charge < -0.3 is 0 Å². The van der Waals surface area contributed by atoms with Crippen LogP contribution in [0.2, 0.25) is 0 Å². The molecule has 16 heavy (non-hydrogen) atoms. The zero-order chi connectivity index (χ0) is 11.8. The predicted molar refractivity (Wildman–Crippen MR) is 55.3 cm³/mol. The first-order chi connectivity index (χ1) is 7.48. The molecule has 0 radical (unpaired) electrons. The summed E-state index contributed by atoms with van der Waals surface area (Å²) in [6.45, 7) is 1.75. The first kappa shape index (κ1) is 10.7. The second-order valence-corrected chi connectivity index (χ2v) is 5.16. The molecule has 0 aliphatic heterocycles. The summed E-state index contributed by atoms with van der Waals surface area (Å²) in [6, 6.07) is 1.58. The summed E-state index contributed by atoms with van der Waals surface area (Å²) in [7, 11) is -3.41. The number of aromatic nitrogens is 5. The van der Waals surface area contributed by atoms with Crippen LogP contribution >= 0.6 is 0 Å². The van der Waals surface area contributed by atoms with Crippen LogP contribution in [-0.4, -0.2) is 40.1 Å². The Balaban J connectivity index is 2.57. The van der Waals surface area contributed by atoms with Crippen molar-refractivity contribution in [2.75, 3.05) is 6.26 Å². The molecule has 0 bridgehead atoms. The van der Waals surface area contributed by atoms with Gasteiger partial charge in [-0.25, -0.2) is 18.4 Å². The highest BCUT2D eigenvalue weighted by Gasteiger charge is 2.14. The third-order valence-corrected chi connectivity index (χ3v) is 2.79. The molecule has 8 heteroatoms. The number of nitrogens with zero attached hydrogens (tertiary/aromatic N) is 4. The first-order valence-electron chi connectivity index (χ1n) is 4.39. The van der Waals surface area contributed by atoms with Gasteiger partial charge in [-0.2, -0.15) is 15.4 Å². The number of hydrogen-bond acceptors (Lipinski definition) is 6. The minimum atomic E-state index is -3.41. The smallest absolute Gasteiger partial charge is 0.227 e. The highest BCUT2D eigenvalue weighted by molar-refractivity contribution is 7.90. The third-order valence-electron chi connectivity index (χ3n) is 1.93. The Morgan fingerprint density at radius 3 is 2.62 bits per heavy atom. The van der Waals surface area contributed by atoms with E-state index in [0.29, 0.717) is 17.1 Å². The average Bonchev–Trinajstić information content (AvgIpc) is 2.63. The summed E-state index contributed by atoms with van der Waals surface area (Å²) in [5.41, 5.74) is 1.60. The number of sulfone groups is 1. The van der Waals surface area contributed by atoms with Crippen molar-refractivity contribution in [3.8, 4) is 11.4 Å². The summed E-state index contributed by atoms with van der Waals surface area (Å²) in [5.74, 6) is 0. The lowest BCUT2D eigenvalue weighted by Gasteiger charge is -1.99. The fraction of sp³-hybridized carbons (Fsp3) is 0.250. The van der Waals surface area contributed by atoms with Crippen molar-refractivity contribution in [2.45, 2.75) is 12.1 Å². The molecule has 0 fully saturated rings. The van der Waals surface area contributed by atoms with Gasteiger partial charge >= 0.3 is 0 Å². The van der Waals surface area contributed by atoms with Crippen molar-refractivity contribution >= 4 is 9.84 Å². The van der Waals surface area contributed by atoms with Crippen LogP contribution in [0.5, 0.6) is 0 Å². The number of aromatic amines is 1.